The van der Waals surface area contributed by atoms with Crippen molar-refractivity contribution in [3.63, 3.8) is 0 Å². The molecule has 1 aromatic carbocycles. The number of pyridine rings is 1. The van der Waals surface area contributed by atoms with Crippen LogP contribution in [0.3, 0.4) is 0 Å². The van der Waals surface area contributed by atoms with E-state index in [1.54, 1.807) is 14.0 Å². The van der Waals surface area contributed by atoms with Gasteiger partial charge in [0.25, 0.3) is 11.5 Å². The fourth-order valence-corrected chi connectivity index (χ4v) is 3.18. The Morgan fingerprint density at radius 3 is 2.33 bits per heavy atom. The first-order valence-electron chi connectivity index (χ1n) is 8.31. The molecule has 0 radical (unpaired) electrons. The predicted octanol–water partition coefficient (Wildman–Crippen LogP) is 2.85. The van der Waals surface area contributed by atoms with Gasteiger partial charge in [-0.05, 0) is 62.6 Å². The van der Waals surface area contributed by atoms with E-state index < -0.39 is 0 Å². The number of anilines is 2. The lowest BCUT2D eigenvalue weighted by atomic mass is 10.1. The Morgan fingerprint density at radius 1 is 1.08 bits per heavy atom. The highest BCUT2D eigenvalue weighted by atomic mass is 16.2. The van der Waals surface area contributed by atoms with Crippen LogP contribution in [0, 0.1) is 13.8 Å². The number of amides is 1. The summed E-state index contributed by atoms with van der Waals surface area (Å²) in [4.78, 5) is 27.2. The second-order valence-corrected chi connectivity index (χ2v) is 6.40. The molecule has 5 nitrogen and oxygen atoms in total. The van der Waals surface area contributed by atoms with Crippen LogP contribution in [-0.4, -0.2) is 23.6 Å². The minimum absolute atomic E-state index is 0.201. The van der Waals surface area contributed by atoms with Gasteiger partial charge < -0.3 is 14.8 Å². The zero-order valence-electron chi connectivity index (χ0n) is 14.4. The van der Waals surface area contributed by atoms with Gasteiger partial charge in [-0.25, -0.2) is 0 Å². The molecular weight excluding hydrogens is 302 g/mol. The highest BCUT2D eigenvalue weighted by molar-refractivity contribution is 6.05. The van der Waals surface area contributed by atoms with Gasteiger partial charge in [0.05, 0.1) is 0 Å². The summed E-state index contributed by atoms with van der Waals surface area (Å²) in [5.41, 5.74) is 3.34. The molecule has 0 atom stereocenters. The monoisotopic (exact) mass is 325 g/mol. The van der Waals surface area contributed by atoms with Crippen molar-refractivity contribution in [1.82, 2.24) is 4.57 Å². The van der Waals surface area contributed by atoms with Crippen LogP contribution in [0.5, 0.6) is 0 Å². The lowest BCUT2D eigenvalue weighted by Gasteiger charge is -2.18. The van der Waals surface area contributed by atoms with E-state index in [-0.39, 0.29) is 17.0 Å². The number of nitrogens with one attached hydrogen (secondary N) is 1. The molecule has 1 aromatic heterocycles. The zero-order valence-corrected chi connectivity index (χ0v) is 14.4. The molecule has 5 heteroatoms. The molecule has 0 saturated carbocycles. The Balaban J connectivity index is 1.80. The van der Waals surface area contributed by atoms with Crippen molar-refractivity contribution in [3.8, 4) is 0 Å². The second-order valence-electron chi connectivity index (χ2n) is 6.40. The Morgan fingerprint density at radius 2 is 1.71 bits per heavy atom. The van der Waals surface area contributed by atoms with Crippen molar-refractivity contribution in [1.29, 1.82) is 0 Å². The average Bonchev–Trinajstić information content (AvgIpc) is 3.08. The third kappa shape index (κ3) is 3.07. The minimum atomic E-state index is -0.359. The van der Waals surface area contributed by atoms with Gasteiger partial charge in [0.2, 0.25) is 0 Å². The molecule has 1 aliphatic heterocycles. The summed E-state index contributed by atoms with van der Waals surface area (Å²) in [5.74, 6) is -0.359. The summed E-state index contributed by atoms with van der Waals surface area (Å²) in [6, 6.07) is 9.66. The van der Waals surface area contributed by atoms with Crippen LogP contribution in [0.4, 0.5) is 11.4 Å². The topological polar surface area (TPSA) is 54.3 Å². The van der Waals surface area contributed by atoms with Gasteiger partial charge in [-0.1, -0.05) is 0 Å². The minimum Gasteiger partial charge on any atom is -0.372 e. The SMILES string of the molecule is Cc1cc(C)n(C)c(=O)c1C(=O)Nc1ccc(N2CCCC2)cc1. The number of nitrogens with zero attached hydrogens (tertiary/aromatic N) is 2. The van der Waals surface area contributed by atoms with Crippen LogP contribution in [-0.2, 0) is 7.05 Å². The molecule has 126 valence electrons. The van der Waals surface area contributed by atoms with Crippen molar-refractivity contribution in [2.75, 3.05) is 23.3 Å². The molecule has 2 heterocycles. The van der Waals surface area contributed by atoms with Gasteiger partial charge in [-0.2, -0.15) is 0 Å². The molecule has 0 bridgehead atoms. The van der Waals surface area contributed by atoms with E-state index in [4.69, 9.17) is 0 Å². The number of hydrogen-bond acceptors (Lipinski definition) is 3. The first kappa shape index (κ1) is 16.3. The van der Waals surface area contributed by atoms with Gasteiger partial charge in [-0.3, -0.25) is 9.59 Å². The van der Waals surface area contributed by atoms with E-state index in [1.165, 1.54) is 23.1 Å². The van der Waals surface area contributed by atoms with Gasteiger partial charge >= 0.3 is 0 Å². The predicted molar refractivity (Wildman–Crippen MR) is 97.0 cm³/mol. The Kier molecular flexibility index (Phi) is 4.42. The standard InChI is InChI=1S/C19H23N3O2/c1-13-12-14(2)21(3)19(24)17(13)18(23)20-15-6-8-16(9-7-15)22-10-4-5-11-22/h6-9,12H,4-5,10-11H2,1-3H3,(H,20,23). The van der Waals surface area contributed by atoms with Crippen LogP contribution in [0.2, 0.25) is 0 Å². The molecule has 1 fully saturated rings. The molecule has 3 rings (SSSR count). The first-order chi connectivity index (χ1) is 11.5. The van der Waals surface area contributed by atoms with Crippen molar-refractivity contribution in [3.05, 3.63) is 57.5 Å². The molecule has 2 aromatic rings. The number of rotatable bonds is 3. The number of carbonyl (C=O) groups excluding carboxylic acids is 1. The first-order valence-corrected chi connectivity index (χ1v) is 8.31. The van der Waals surface area contributed by atoms with Crippen molar-refractivity contribution < 1.29 is 4.79 Å². The normalized spacial score (nSPS) is 14.0. The highest BCUT2D eigenvalue weighted by Crippen LogP contribution is 2.22. The summed E-state index contributed by atoms with van der Waals surface area (Å²) >= 11 is 0. The fraction of sp³-hybridized carbons (Fsp3) is 0.368. The molecule has 0 unspecified atom stereocenters. The summed E-state index contributed by atoms with van der Waals surface area (Å²) in [5, 5.41) is 2.83. The van der Waals surface area contributed by atoms with Gasteiger partial charge in [0.15, 0.2) is 0 Å². The largest absolute Gasteiger partial charge is 0.372 e. The van der Waals surface area contributed by atoms with Crippen molar-refractivity contribution in [2.24, 2.45) is 7.05 Å². The number of aryl methyl sites for hydroxylation is 2. The summed E-state index contributed by atoms with van der Waals surface area (Å²) < 4.78 is 1.50. The van der Waals surface area contributed by atoms with Crippen LogP contribution < -0.4 is 15.8 Å². The number of aromatic nitrogens is 1. The smallest absolute Gasteiger partial charge is 0.263 e. The number of benzene rings is 1. The molecule has 0 aliphatic carbocycles. The maximum absolute atomic E-state index is 12.5. The van der Waals surface area contributed by atoms with Crippen LogP contribution in [0.1, 0.15) is 34.5 Å². The average molecular weight is 325 g/mol. The van der Waals surface area contributed by atoms with Crippen molar-refractivity contribution in [2.45, 2.75) is 26.7 Å². The van der Waals surface area contributed by atoms with Crippen LogP contribution >= 0.6 is 0 Å². The molecule has 1 N–H and O–H groups in total. The molecular formula is C19H23N3O2. The van der Waals surface area contributed by atoms with E-state index in [1.807, 2.05) is 37.3 Å². The lowest BCUT2D eigenvalue weighted by Crippen LogP contribution is -2.30. The van der Waals surface area contributed by atoms with Gasteiger partial charge in [0, 0.05) is 37.2 Å². The summed E-state index contributed by atoms with van der Waals surface area (Å²) in [6.07, 6.45) is 2.46. The molecule has 1 saturated heterocycles. The zero-order chi connectivity index (χ0) is 17.3. The fourth-order valence-electron chi connectivity index (χ4n) is 3.18. The van der Waals surface area contributed by atoms with E-state index in [0.29, 0.717) is 11.3 Å². The van der Waals surface area contributed by atoms with Crippen molar-refractivity contribution >= 4 is 17.3 Å². The maximum atomic E-state index is 12.5. The van der Waals surface area contributed by atoms with Crippen LogP contribution in [0.25, 0.3) is 0 Å². The Labute approximate surface area is 141 Å². The van der Waals surface area contributed by atoms with E-state index in [0.717, 1.165) is 18.8 Å². The molecule has 24 heavy (non-hydrogen) atoms. The quantitative estimate of drug-likeness (QED) is 0.944. The van der Waals surface area contributed by atoms with E-state index in [2.05, 4.69) is 10.2 Å². The molecule has 1 amide bonds. The third-order valence-corrected chi connectivity index (χ3v) is 4.69. The third-order valence-electron chi connectivity index (χ3n) is 4.69. The van der Waals surface area contributed by atoms with Gasteiger partial charge in [-0.15, -0.1) is 0 Å². The van der Waals surface area contributed by atoms with E-state index in [9.17, 15) is 9.59 Å². The molecule has 0 spiro atoms. The Hall–Kier alpha value is -2.56. The summed E-state index contributed by atoms with van der Waals surface area (Å²) in [6.45, 7) is 5.82. The summed E-state index contributed by atoms with van der Waals surface area (Å²) in [7, 11) is 1.68. The van der Waals surface area contributed by atoms with E-state index >= 15 is 0 Å². The number of carbonyl (C=O) groups is 1. The highest BCUT2D eigenvalue weighted by Gasteiger charge is 2.17. The van der Waals surface area contributed by atoms with Crippen LogP contribution in [0.15, 0.2) is 35.1 Å². The Bertz CT molecular complexity index is 816. The molecule has 1 aliphatic rings. The maximum Gasteiger partial charge on any atom is 0.263 e. The number of hydrogen-bond donors (Lipinski definition) is 1. The lowest BCUT2D eigenvalue weighted by molar-refractivity contribution is 0.102. The van der Waals surface area contributed by atoms with Gasteiger partial charge in [0.1, 0.15) is 5.56 Å². The second kappa shape index (κ2) is 6.51.